The Kier molecular flexibility index (Phi) is 2.15. The van der Waals surface area contributed by atoms with Crippen molar-refractivity contribution in [2.24, 2.45) is 0 Å². The van der Waals surface area contributed by atoms with Crippen LogP contribution in [0.4, 0.5) is 4.79 Å². The Bertz CT molecular complexity index is 206. The van der Waals surface area contributed by atoms with E-state index in [1.54, 1.807) is 0 Å². The fourth-order valence-corrected chi connectivity index (χ4v) is 2.70. The first-order valence-electron chi connectivity index (χ1n) is 4.88. The molecular weight excluding hydrogens is 168 g/mol. The van der Waals surface area contributed by atoms with Gasteiger partial charge in [-0.15, -0.1) is 0 Å². The molecule has 0 aromatic rings. The van der Waals surface area contributed by atoms with Crippen LogP contribution >= 0.6 is 0 Å². The highest BCUT2D eigenvalue weighted by atomic mass is 16.4. The minimum absolute atomic E-state index is 0.186. The van der Waals surface area contributed by atoms with Gasteiger partial charge in [-0.25, -0.2) is 4.79 Å². The summed E-state index contributed by atoms with van der Waals surface area (Å²) in [7, 11) is 2.15. The Hall–Kier alpha value is -0.770. The van der Waals surface area contributed by atoms with Crippen LogP contribution in [0.5, 0.6) is 0 Å². The van der Waals surface area contributed by atoms with Crippen LogP contribution in [0, 0.1) is 0 Å². The summed E-state index contributed by atoms with van der Waals surface area (Å²) >= 11 is 0. The highest BCUT2D eigenvalue weighted by Gasteiger charge is 2.38. The first-order chi connectivity index (χ1) is 6.16. The summed E-state index contributed by atoms with van der Waals surface area (Å²) in [6, 6.07) is 1.40. The van der Waals surface area contributed by atoms with E-state index in [1.165, 1.54) is 12.8 Å². The summed E-state index contributed by atoms with van der Waals surface area (Å²) in [6.07, 6.45) is 3.56. The number of hydrogen-bond donors (Lipinski definition) is 2. The molecule has 2 N–H and O–H groups in total. The maximum absolute atomic E-state index is 10.5. The van der Waals surface area contributed by atoms with Gasteiger partial charge in [-0.1, -0.05) is 0 Å². The molecule has 2 bridgehead atoms. The molecule has 1 unspecified atom stereocenters. The predicted octanol–water partition coefficient (Wildman–Crippen LogP) is 0.879. The molecule has 0 radical (unpaired) electrons. The summed E-state index contributed by atoms with van der Waals surface area (Å²) in [6.45, 7) is 0. The van der Waals surface area contributed by atoms with E-state index >= 15 is 0 Å². The van der Waals surface area contributed by atoms with Crippen LogP contribution in [0.15, 0.2) is 0 Å². The number of hydrogen-bond acceptors (Lipinski definition) is 2. The van der Waals surface area contributed by atoms with Gasteiger partial charge < -0.3 is 15.3 Å². The van der Waals surface area contributed by atoms with E-state index in [-0.39, 0.29) is 6.04 Å². The van der Waals surface area contributed by atoms with Crippen LogP contribution < -0.4 is 5.32 Å². The van der Waals surface area contributed by atoms with Crippen molar-refractivity contribution in [3.8, 4) is 0 Å². The second-order valence-electron chi connectivity index (χ2n) is 4.17. The summed E-state index contributed by atoms with van der Waals surface area (Å²) in [5.74, 6) is 0. The molecule has 2 heterocycles. The number of nitrogens with zero attached hydrogens (tertiary/aromatic N) is 1. The number of piperidine rings is 1. The van der Waals surface area contributed by atoms with Crippen LogP contribution in [-0.4, -0.2) is 41.3 Å². The lowest BCUT2D eigenvalue weighted by Crippen LogP contribution is -2.48. The van der Waals surface area contributed by atoms with Crippen molar-refractivity contribution in [3.63, 3.8) is 0 Å². The molecule has 4 nitrogen and oxygen atoms in total. The Morgan fingerprint density at radius 3 is 2.38 bits per heavy atom. The first-order valence-corrected chi connectivity index (χ1v) is 4.88. The molecule has 0 aromatic heterocycles. The molecule has 74 valence electrons. The third-order valence-electron chi connectivity index (χ3n) is 3.43. The minimum Gasteiger partial charge on any atom is -0.465 e. The molecule has 2 rings (SSSR count). The molecule has 2 aliphatic heterocycles. The van der Waals surface area contributed by atoms with Gasteiger partial charge in [-0.05, 0) is 32.7 Å². The fraction of sp³-hybridized carbons (Fsp3) is 0.889. The number of amides is 1. The maximum atomic E-state index is 10.5. The number of nitrogens with one attached hydrogen (secondary N) is 1. The molecule has 4 heteroatoms. The Morgan fingerprint density at radius 2 is 1.92 bits per heavy atom. The molecule has 2 fully saturated rings. The van der Waals surface area contributed by atoms with E-state index in [9.17, 15) is 4.79 Å². The summed E-state index contributed by atoms with van der Waals surface area (Å²) in [4.78, 5) is 12.9. The molecule has 0 saturated carbocycles. The molecule has 0 aliphatic carbocycles. The third kappa shape index (κ3) is 1.63. The monoisotopic (exact) mass is 184 g/mol. The molecule has 1 amide bonds. The van der Waals surface area contributed by atoms with Crippen LogP contribution in [0.1, 0.15) is 25.7 Å². The smallest absolute Gasteiger partial charge is 0.404 e. The summed E-state index contributed by atoms with van der Waals surface area (Å²) in [5.41, 5.74) is 0. The molecule has 2 aliphatic rings. The van der Waals surface area contributed by atoms with Gasteiger partial charge in [0, 0.05) is 18.1 Å². The predicted molar refractivity (Wildman–Crippen MR) is 48.8 cm³/mol. The van der Waals surface area contributed by atoms with Gasteiger partial charge in [0.05, 0.1) is 0 Å². The van der Waals surface area contributed by atoms with Gasteiger partial charge in [-0.3, -0.25) is 0 Å². The van der Waals surface area contributed by atoms with Gasteiger partial charge >= 0.3 is 6.09 Å². The third-order valence-corrected chi connectivity index (χ3v) is 3.43. The van der Waals surface area contributed by atoms with Crippen molar-refractivity contribution in [2.75, 3.05) is 7.05 Å². The van der Waals surface area contributed by atoms with Crippen LogP contribution in [-0.2, 0) is 0 Å². The first kappa shape index (κ1) is 8.81. The standard InChI is InChI=1S/C9H16N2O2/c1-11-7-2-3-8(11)5-6(4-7)10-9(12)13/h6-8,10H,2-5H2,1H3,(H,12,13)/t6?,7-,8+. The zero-order valence-electron chi connectivity index (χ0n) is 7.86. The lowest BCUT2D eigenvalue weighted by molar-refractivity contribution is 0.139. The van der Waals surface area contributed by atoms with E-state index in [0.29, 0.717) is 12.1 Å². The molecule has 13 heavy (non-hydrogen) atoms. The van der Waals surface area contributed by atoms with E-state index in [4.69, 9.17) is 5.11 Å². The molecule has 0 spiro atoms. The van der Waals surface area contributed by atoms with Crippen LogP contribution in [0.25, 0.3) is 0 Å². The van der Waals surface area contributed by atoms with Gasteiger partial charge in [0.15, 0.2) is 0 Å². The van der Waals surface area contributed by atoms with Gasteiger partial charge in [0.2, 0.25) is 0 Å². The van der Waals surface area contributed by atoms with Crippen molar-refractivity contribution < 1.29 is 9.90 Å². The van der Waals surface area contributed by atoms with Crippen LogP contribution in [0.3, 0.4) is 0 Å². The van der Waals surface area contributed by atoms with Gasteiger partial charge in [-0.2, -0.15) is 0 Å². The normalized spacial score (nSPS) is 39.0. The molecule has 3 atom stereocenters. The zero-order valence-corrected chi connectivity index (χ0v) is 7.86. The topological polar surface area (TPSA) is 52.6 Å². The van der Waals surface area contributed by atoms with E-state index in [0.717, 1.165) is 12.8 Å². The second kappa shape index (κ2) is 3.18. The molecule has 2 saturated heterocycles. The average Bonchev–Trinajstić information content (AvgIpc) is 2.33. The Morgan fingerprint density at radius 1 is 1.38 bits per heavy atom. The van der Waals surface area contributed by atoms with Crippen LogP contribution in [0.2, 0.25) is 0 Å². The average molecular weight is 184 g/mol. The highest BCUT2D eigenvalue weighted by Crippen LogP contribution is 2.33. The SMILES string of the molecule is CN1[C@@H]2CC[C@H]1CC(NC(=O)O)C2. The quantitative estimate of drug-likeness (QED) is 0.636. The molecular formula is C9H16N2O2. The molecule has 0 aromatic carbocycles. The van der Waals surface area contributed by atoms with Crippen molar-refractivity contribution >= 4 is 6.09 Å². The second-order valence-corrected chi connectivity index (χ2v) is 4.17. The van der Waals surface area contributed by atoms with E-state index in [1.807, 2.05) is 0 Å². The van der Waals surface area contributed by atoms with Crippen molar-refractivity contribution in [1.29, 1.82) is 0 Å². The fourth-order valence-electron chi connectivity index (χ4n) is 2.70. The van der Waals surface area contributed by atoms with E-state index in [2.05, 4.69) is 17.3 Å². The van der Waals surface area contributed by atoms with Crippen molar-refractivity contribution in [2.45, 2.75) is 43.8 Å². The number of carboxylic acid groups (broad SMARTS) is 1. The summed E-state index contributed by atoms with van der Waals surface area (Å²) < 4.78 is 0. The van der Waals surface area contributed by atoms with Gasteiger partial charge in [0.25, 0.3) is 0 Å². The van der Waals surface area contributed by atoms with Gasteiger partial charge in [0.1, 0.15) is 0 Å². The van der Waals surface area contributed by atoms with Crippen molar-refractivity contribution in [3.05, 3.63) is 0 Å². The van der Waals surface area contributed by atoms with Crippen molar-refractivity contribution in [1.82, 2.24) is 10.2 Å². The Labute approximate surface area is 77.9 Å². The number of rotatable bonds is 1. The highest BCUT2D eigenvalue weighted by molar-refractivity contribution is 5.64. The number of fused-ring (bicyclic) bond motifs is 2. The zero-order chi connectivity index (χ0) is 9.42. The minimum atomic E-state index is -0.881. The largest absolute Gasteiger partial charge is 0.465 e. The maximum Gasteiger partial charge on any atom is 0.404 e. The lowest BCUT2D eigenvalue weighted by Gasteiger charge is -2.36. The lowest BCUT2D eigenvalue weighted by atomic mass is 9.98. The number of carbonyl (C=O) groups is 1. The van der Waals surface area contributed by atoms with E-state index < -0.39 is 6.09 Å². The Balaban J connectivity index is 1.95. The summed E-state index contributed by atoms with van der Waals surface area (Å²) in [5, 5.41) is 11.2.